The Morgan fingerprint density at radius 2 is 1.59 bits per heavy atom. The summed E-state index contributed by atoms with van der Waals surface area (Å²) in [6.07, 6.45) is 16.3. The van der Waals surface area contributed by atoms with E-state index in [2.05, 4.69) is 12.2 Å². The molecule has 7 heteroatoms. The third-order valence-corrected chi connectivity index (χ3v) is 7.62. The zero-order valence-corrected chi connectivity index (χ0v) is 21.7. The quantitative estimate of drug-likeness (QED) is 0.223. The number of nitrogens with one attached hydrogen (secondary N) is 1. The first-order chi connectivity index (χ1) is 16.4. The van der Waals surface area contributed by atoms with Gasteiger partial charge >= 0.3 is 11.9 Å². The summed E-state index contributed by atoms with van der Waals surface area (Å²) in [5.74, 6) is -1.18. The van der Waals surface area contributed by atoms with E-state index >= 15 is 0 Å². The summed E-state index contributed by atoms with van der Waals surface area (Å²) in [6.45, 7) is 6.06. The van der Waals surface area contributed by atoms with Crippen molar-refractivity contribution in [2.24, 2.45) is 5.92 Å². The van der Waals surface area contributed by atoms with Gasteiger partial charge in [0.05, 0.1) is 12.6 Å². The van der Waals surface area contributed by atoms with Crippen molar-refractivity contribution in [3.63, 3.8) is 0 Å². The van der Waals surface area contributed by atoms with E-state index in [1.165, 1.54) is 44.9 Å². The van der Waals surface area contributed by atoms with Crippen LogP contribution >= 0.6 is 0 Å². The number of aliphatic carboxylic acids is 1. The molecule has 0 bridgehead atoms. The van der Waals surface area contributed by atoms with Gasteiger partial charge in [-0.15, -0.1) is 0 Å². The van der Waals surface area contributed by atoms with Crippen molar-refractivity contribution in [2.45, 2.75) is 141 Å². The molecule has 0 aromatic heterocycles. The maximum Gasteiger partial charge on any atom is 0.326 e. The van der Waals surface area contributed by atoms with Gasteiger partial charge in [-0.1, -0.05) is 77.6 Å². The van der Waals surface area contributed by atoms with Crippen LogP contribution in [0.15, 0.2) is 0 Å². The highest BCUT2D eigenvalue weighted by atomic mass is 16.5. The number of rotatable bonds is 17. The van der Waals surface area contributed by atoms with E-state index < -0.39 is 24.1 Å². The number of fused-ring (bicyclic) bond motifs is 1. The van der Waals surface area contributed by atoms with Crippen molar-refractivity contribution >= 4 is 17.8 Å². The number of hydrogen-bond acceptors (Lipinski definition) is 5. The van der Waals surface area contributed by atoms with Gasteiger partial charge in [0.15, 0.2) is 0 Å². The van der Waals surface area contributed by atoms with Gasteiger partial charge in [0.2, 0.25) is 5.91 Å². The lowest BCUT2D eigenvalue weighted by Gasteiger charge is -2.31. The second-order valence-electron chi connectivity index (χ2n) is 10.3. The molecule has 1 amide bonds. The highest BCUT2D eigenvalue weighted by Crippen LogP contribution is 2.41. The summed E-state index contributed by atoms with van der Waals surface area (Å²) in [6, 6.07) is -1.91. The van der Waals surface area contributed by atoms with Gasteiger partial charge in [0, 0.05) is 6.04 Å². The molecule has 0 unspecified atom stereocenters. The average Bonchev–Trinajstić information content (AvgIpc) is 3.40. The number of carboxylic acid groups (broad SMARTS) is 1. The number of carbonyl (C=O) groups excluding carboxylic acids is 2. The van der Waals surface area contributed by atoms with Crippen LogP contribution in [0.5, 0.6) is 0 Å². The Balaban J connectivity index is 1.81. The van der Waals surface area contributed by atoms with Crippen LogP contribution in [0.3, 0.4) is 0 Å². The summed E-state index contributed by atoms with van der Waals surface area (Å²) < 4.78 is 5.26. The molecule has 5 atom stereocenters. The molecule has 0 aromatic rings. The fourth-order valence-corrected chi connectivity index (χ4v) is 5.77. The van der Waals surface area contributed by atoms with Crippen molar-refractivity contribution in [1.82, 2.24) is 10.2 Å². The number of unbranched alkanes of at least 4 members (excludes halogenated alkanes) is 9. The normalized spacial score (nSPS) is 23.5. The van der Waals surface area contributed by atoms with Crippen LogP contribution in [0.2, 0.25) is 0 Å². The van der Waals surface area contributed by atoms with Crippen LogP contribution in [-0.2, 0) is 19.1 Å². The first-order valence-corrected chi connectivity index (χ1v) is 13.9. The molecule has 2 fully saturated rings. The fourth-order valence-electron chi connectivity index (χ4n) is 5.77. The Hall–Kier alpha value is -1.63. The Morgan fingerprint density at radius 1 is 0.971 bits per heavy atom. The molecular formula is C27H48N2O5. The van der Waals surface area contributed by atoms with E-state index in [1.807, 2.05) is 0 Å². The standard InChI is InChI=1S/C27H48N2O5/c1-4-6-7-8-9-10-11-12-13-14-17-22(27(33)34-5-2)28-20(3)25(30)29-23-18-15-16-21(23)19-24(29)26(31)32/h20-24,28H,4-19H2,1-3H3,(H,31,32)/t20-,21-,22+,23-,24-/m0/s1. The number of ether oxygens (including phenoxy) is 1. The Bertz CT molecular complexity index is 641. The first-order valence-electron chi connectivity index (χ1n) is 13.9. The average molecular weight is 481 g/mol. The minimum absolute atomic E-state index is 0.0147. The zero-order chi connectivity index (χ0) is 24.9. The fraction of sp³-hybridized carbons (Fsp3) is 0.889. The number of carboxylic acids is 1. The van der Waals surface area contributed by atoms with Crippen LogP contribution in [0, 0.1) is 5.92 Å². The molecule has 34 heavy (non-hydrogen) atoms. The molecule has 2 N–H and O–H groups in total. The van der Waals surface area contributed by atoms with Gasteiger partial charge in [-0.05, 0) is 45.4 Å². The van der Waals surface area contributed by atoms with Crippen molar-refractivity contribution in [2.75, 3.05) is 6.61 Å². The Morgan fingerprint density at radius 3 is 2.18 bits per heavy atom. The Kier molecular flexibility index (Phi) is 12.9. The largest absolute Gasteiger partial charge is 0.480 e. The number of hydrogen-bond donors (Lipinski definition) is 2. The molecule has 2 aliphatic rings. The summed E-state index contributed by atoms with van der Waals surface area (Å²) in [5.41, 5.74) is 0. The Labute approximate surface area is 206 Å². The summed E-state index contributed by atoms with van der Waals surface area (Å²) in [4.78, 5) is 39.3. The topological polar surface area (TPSA) is 95.9 Å². The predicted octanol–water partition coefficient (Wildman–Crippen LogP) is 5.06. The van der Waals surface area contributed by atoms with Crippen molar-refractivity contribution < 1.29 is 24.2 Å². The second-order valence-corrected chi connectivity index (χ2v) is 10.3. The van der Waals surface area contributed by atoms with E-state index in [0.717, 1.165) is 38.5 Å². The van der Waals surface area contributed by atoms with E-state index in [1.54, 1.807) is 18.7 Å². The molecule has 0 radical (unpaired) electrons. The van der Waals surface area contributed by atoms with Gasteiger partial charge in [0.1, 0.15) is 12.1 Å². The van der Waals surface area contributed by atoms with E-state index in [-0.39, 0.29) is 23.8 Å². The second kappa shape index (κ2) is 15.4. The molecule has 0 spiro atoms. The third kappa shape index (κ3) is 8.54. The van der Waals surface area contributed by atoms with E-state index in [9.17, 15) is 19.5 Å². The molecule has 1 aliphatic heterocycles. The first kappa shape index (κ1) is 28.6. The lowest BCUT2D eigenvalue weighted by Crippen LogP contribution is -2.55. The van der Waals surface area contributed by atoms with Crippen LogP contribution in [0.25, 0.3) is 0 Å². The van der Waals surface area contributed by atoms with Gasteiger partial charge in [-0.3, -0.25) is 14.9 Å². The number of likely N-dealkylation sites (tertiary alicyclic amines) is 1. The highest BCUT2D eigenvalue weighted by molar-refractivity contribution is 5.88. The van der Waals surface area contributed by atoms with E-state index in [4.69, 9.17) is 4.74 Å². The number of carbonyl (C=O) groups is 3. The molecule has 2 rings (SSSR count). The number of nitrogens with zero attached hydrogens (tertiary/aromatic N) is 1. The smallest absolute Gasteiger partial charge is 0.326 e. The number of esters is 1. The molecule has 0 aromatic carbocycles. The molecule has 196 valence electrons. The maximum atomic E-state index is 13.3. The van der Waals surface area contributed by atoms with Gasteiger partial charge in [0.25, 0.3) is 0 Å². The minimum atomic E-state index is -0.928. The third-order valence-electron chi connectivity index (χ3n) is 7.62. The monoisotopic (exact) mass is 480 g/mol. The molecular weight excluding hydrogens is 432 g/mol. The zero-order valence-electron chi connectivity index (χ0n) is 21.7. The van der Waals surface area contributed by atoms with Gasteiger partial charge < -0.3 is 14.7 Å². The molecule has 1 saturated heterocycles. The minimum Gasteiger partial charge on any atom is -0.480 e. The van der Waals surface area contributed by atoms with Gasteiger partial charge in [-0.2, -0.15) is 0 Å². The highest BCUT2D eigenvalue weighted by Gasteiger charge is 2.49. The summed E-state index contributed by atoms with van der Waals surface area (Å²) in [5, 5.41) is 12.9. The lowest BCUT2D eigenvalue weighted by atomic mass is 10.0. The van der Waals surface area contributed by atoms with Crippen LogP contribution < -0.4 is 5.32 Å². The van der Waals surface area contributed by atoms with Crippen molar-refractivity contribution in [3.8, 4) is 0 Å². The van der Waals surface area contributed by atoms with Crippen molar-refractivity contribution in [3.05, 3.63) is 0 Å². The molecule has 7 nitrogen and oxygen atoms in total. The molecule has 1 aliphatic carbocycles. The number of amides is 1. The molecule has 1 saturated carbocycles. The van der Waals surface area contributed by atoms with Crippen LogP contribution in [0.4, 0.5) is 0 Å². The predicted molar refractivity (Wildman–Crippen MR) is 133 cm³/mol. The van der Waals surface area contributed by atoms with Gasteiger partial charge in [-0.25, -0.2) is 4.79 Å². The SMILES string of the molecule is CCCCCCCCCCCC[C@@H](N[C@@H](C)C(=O)N1[C@H](C(=O)O)C[C@@H]2CCC[C@@H]21)C(=O)OCC. The summed E-state index contributed by atoms with van der Waals surface area (Å²) in [7, 11) is 0. The van der Waals surface area contributed by atoms with Crippen LogP contribution in [0.1, 0.15) is 117 Å². The maximum absolute atomic E-state index is 13.3. The lowest BCUT2D eigenvalue weighted by molar-refractivity contribution is -0.151. The molecule has 1 heterocycles. The van der Waals surface area contributed by atoms with Crippen molar-refractivity contribution in [1.29, 1.82) is 0 Å². The summed E-state index contributed by atoms with van der Waals surface area (Å²) >= 11 is 0. The van der Waals surface area contributed by atoms with E-state index in [0.29, 0.717) is 19.4 Å². The van der Waals surface area contributed by atoms with Crippen LogP contribution in [-0.4, -0.2) is 58.6 Å².